The Morgan fingerprint density at radius 1 is 0.938 bits per heavy atom. The van der Waals surface area contributed by atoms with E-state index in [1.165, 1.54) is 11.1 Å². The fourth-order valence-electron chi connectivity index (χ4n) is 6.02. The van der Waals surface area contributed by atoms with E-state index >= 15 is 0 Å². The van der Waals surface area contributed by atoms with Crippen molar-refractivity contribution in [3.63, 3.8) is 0 Å². The Hall–Kier alpha value is -3.07. The van der Waals surface area contributed by atoms with Gasteiger partial charge in [-0.05, 0) is 65.8 Å². The van der Waals surface area contributed by atoms with Gasteiger partial charge in [-0.1, -0.05) is 79.2 Å². The quantitative estimate of drug-likeness (QED) is 0.548. The number of nitrogens with two attached hydrogens (primary N) is 1. The minimum Gasteiger partial charge on any atom is -0.493 e. The van der Waals surface area contributed by atoms with Crippen LogP contribution in [0.15, 0.2) is 78.9 Å². The highest BCUT2D eigenvalue weighted by atomic mass is 16.5. The number of aryl methyl sites for hydroxylation is 1. The first-order chi connectivity index (χ1) is 15.7. The average Bonchev–Trinajstić information content (AvgIpc) is 3.49. The summed E-state index contributed by atoms with van der Waals surface area (Å²) in [5.41, 5.74) is 10.2. The summed E-state index contributed by atoms with van der Waals surface area (Å²) < 4.78 is 5.65. The lowest BCUT2D eigenvalue weighted by Gasteiger charge is -2.38. The van der Waals surface area contributed by atoms with Gasteiger partial charge in [-0.15, -0.1) is 0 Å². The van der Waals surface area contributed by atoms with Crippen LogP contribution in [0.5, 0.6) is 5.75 Å². The minimum atomic E-state index is -0.776. The molecule has 0 radical (unpaired) electrons. The van der Waals surface area contributed by atoms with Crippen LogP contribution in [0, 0.1) is 11.8 Å². The Morgan fingerprint density at radius 2 is 1.62 bits per heavy atom. The van der Waals surface area contributed by atoms with Crippen LogP contribution in [0.1, 0.15) is 47.9 Å². The standard InChI is InChI=1S/C29H31NO2/c30-28(31)29(24-7-3-1-4-8-24,25-9-5-2-6-10-25)26-15-13-22(20-26)12-11-21-14-16-27-23(19-21)17-18-32-27/h1-10,14,16,19,22,26H,11-13,15,17-18,20H2,(H2,30,31). The summed E-state index contributed by atoms with van der Waals surface area (Å²) in [7, 11) is 0. The molecule has 3 heteroatoms. The first-order valence-corrected chi connectivity index (χ1v) is 11.8. The zero-order valence-corrected chi connectivity index (χ0v) is 18.5. The third-order valence-electron chi connectivity index (χ3n) is 7.60. The van der Waals surface area contributed by atoms with Crippen LogP contribution >= 0.6 is 0 Å². The molecule has 3 aromatic carbocycles. The molecule has 2 atom stereocenters. The summed E-state index contributed by atoms with van der Waals surface area (Å²) in [6.45, 7) is 0.803. The lowest BCUT2D eigenvalue weighted by atomic mass is 9.64. The molecule has 1 saturated carbocycles. The lowest BCUT2D eigenvalue weighted by molar-refractivity contribution is -0.123. The Labute approximate surface area is 190 Å². The molecule has 5 rings (SSSR count). The monoisotopic (exact) mass is 425 g/mol. The number of benzene rings is 3. The molecule has 0 spiro atoms. The summed E-state index contributed by atoms with van der Waals surface area (Å²) in [6.07, 6.45) is 6.44. The second-order valence-electron chi connectivity index (χ2n) is 9.36. The van der Waals surface area contributed by atoms with Crippen molar-refractivity contribution in [3.05, 3.63) is 101 Å². The number of rotatable bonds is 7. The van der Waals surface area contributed by atoms with Gasteiger partial charge in [-0.2, -0.15) is 0 Å². The van der Waals surface area contributed by atoms with Gasteiger partial charge in [0.15, 0.2) is 0 Å². The largest absolute Gasteiger partial charge is 0.493 e. The number of ether oxygens (including phenoxy) is 1. The summed E-state index contributed by atoms with van der Waals surface area (Å²) in [5, 5.41) is 0. The first kappa shape index (κ1) is 20.8. The summed E-state index contributed by atoms with van der Waals surface area (Å²) in [5.74, 6) is 1.63. The number of amides is 1. The molecule has 0 bridgehead atoms. The van der Waals surface area contributed by atoms with Crippen LogP contribution in [-0.2, 0) is 23.1 Å². The van der Waals surface area contributed by atoms with E-state index in [1.807, 2.05) is 36.4 Å². The summed E-state index contributed by atoms with van der Waals surface area (Å²) in [6, 6.07) is 27.0. The normalized spacial score (nSPS) is 20.0. The Bertz CT molecular complexity index is 1040. The molecular weight excluding hydrogens is 394 g/mol. The molecule has 32 heavy (non-hydrogen) atoms. The molecule has 1 aliphatic carbocycles. The number of hydrogen-bond donors (Lipinski definition) is 1. The van der Waals surface area contributed by atoms with Gasteiger partial charge < -0.3 is 10.5 Å². The van der Waals surface area contributed by atoms with E-state index in [-0.39, 0.29) is 11.8 Å². The van der Waals surface area contributed by atoms with Crippen molar-refractivity contribution in [1.29, 1.82) is 0 Å². The van der Waals surface area contributed by atoms with Gasteiger partial charge in [-0.3, -0.25) is 4.79 Å². The van der Waals surface area contributed by atoms with E-state index < -0.39 is 5.41 Å². The van der Waals surface area contributed by atoms with E-state index in [2.05, 4.69) is 42.5 Å². The SMILES string of the molecule is NC(=O)C(c1ccccc1)(c1ccccc1)C1CCC(CCc2ccc3c(c2)CCO3)C1. The fraction of sp³-hybridized carbons (Fsp3) is 0.345. The fourth-order valence-corrected chi connectivity index (χ4v) is 6.02. The second-order valence-corrected chi connectivity index (χ2v) is 9.36. The number of hydrogen-bond acceptors (Lipinski definition) is 2. The van der Waals surface area contributed by atoms with Crippen molar-refractivity contribution in [1.82, 2.24) is 0 Å². The van der Waals surface area contributed by atoms with E-state index in [0.29, 0.717) is 5.92 Å². The second kappa shape index (κ2) is 8.82. The first-order valence-electron chi connectivity index (χ1n) is 11.8. The van der Waals surface area contributed by atoms with Gasteiger partial charge >= 0.3 is 0 Å². The highest BCUT2D eigenvalue weighted by Crippen LogP contribution is 2.49. The Balaban J connectivity index is 1.38. The van der Waals surface area contributed by atoms with Gasteiger partial charge in [0, 0.05) is 6.42 Å². The van der Waals surface area contributed by atoms with Crippen LogP contribution in [0.25, 0.3) is 0 Å². The molecule has 1 heterocycles. The van der Waals surface area contributed by atoms with Crippen molar-refractivity contribution in [2.24, 2.45) is 17.6 Å². The molecule has 1 amide bonds. The molecule has 0 saturated heterocycles. The van der Waals surface area contributed by atoms with Crippen molar-refractivity contribution < 1.29 is 9.53 Å². The molecule has 1 fully saturated rings. The maximum absolute atomic E-state index is 13.2. The third-order valence-corrected chi connectivity index (χ3v) is 7.60. The van der Waals surface area contributed by atoms with E-state index in [1.54, 1.807) is 0 Å². The predicted octanol–water partition coefficient (Wildman–Crippen LogP) is 5.44. The van der Waals surface area contributed by atoms with Gasteiger partial charge in [0.05, 0.1) is 6.61 Å². The molecule has 0 aromatic heterocycles. The number of carbonyl (C=O) groups is 1. The molecular formula is C29H31NO2. The number of fused-ring (bicyclic) bond motifs is 1. The topological polar surface area (TPSA) is 52.3 Å². The maximum atomic E-state index is 13.2. The Morgan fingerprint density at radius 3 is 2.28 bits per heavy atom. The Kier molecular flexibility index (Phi) is 5.73. The molecule has 3 nitrogen and oxygen atoms in total. The van der Waals surface area contributed by atoms with Gasteiger partial charge in [0.2, 0.25) is 5.91 Å². The van der Waals surface area contributed by atoms with Crippen molar-refractivity contribution in [2.45, 2.75) is 43.9 Å². The number of carbonyl (C=O) groups excluding carboxylic acids is 1. The molecule has 2 unspecified atom stereocenters. The third kappa shape index (κ3) is 3.70. The van der Waals surface area contributed by atoms with E-state index in [0.717, 1.165) is 62.0 Å². The lowest BCUT2D eigenvalue weighted by Crippen LogP contribution is -2.47. The van der Waals surface area contributed by atoms with Crippen LogP contribution in [0.3, 0.4) is 0 Å². The molecule has 1 aliphatic heterocycles. The zero-order chi connectivity index (χ0) is 22.0. The number of primary amides is 1. The summed E-state index contributed by atoms with van der Waals surface area (Å²) >= 11 is 0. The minimum absolute atomic E-state index is 0.211. The predicted molar refractivity (Wildman–Crippen MR) is 128 cm³/mol. The highest BCUT2D eigenvalue weighted by molar-refractivity contribution is 5.91. The van der Waals surface area contributed by atoms with Crippen molar-refractivity contribution in [3.8, 4) is 5.75 Å². The van der Waals surface area contributed by atoms with Crippen LogP contribution in [0.4, 0.5) is 0 Å². The van der Waals surface area contributed by atoms with Gasteiger partial charge in [0.25, 0.3) is 0 Å². The molecule has 164 valence electrons. The maximum Gasteiger partial charge on any atom is 0.232 e. The van der Waals surface area contributed by atoms with Crippen LogP contribution in [-0.4, -0.2) is 12.5 Å². The molecule has 3 aromatic rings. The molecule has 2 N–H and O–H groups in total. The highest BCUT2D eigenvalue weighted by Gasteiger charge is 2.49. The van der Waals surface area contributed by atoms with Crippen LogP contribution < -0.4 is 10.5 Å². The summed E-state index contributed by atoms with van der Waals surface area (Å²) in [4.78, 5) is 13.2. The zero-order valence-electron chi connectivity index (χ0n) is 18.5. The van der Waals surface area contributed by atoms with Gasteiger partial charge in [-0.25, -0.2) is 0 Å². The van der Waals surface area contributed by atoms with E-state index in [9.17, 15) is 4.79 Å². The smallest absolute Gasteiger partial charge is 0.232 e. The van der Waals surface area contributed by atoms with Crippen LogP contribution in [0.2, 0.25) is 0 Å². The van der Waals surface area contributed by atoms with E-state index in [4.69, 9.17) is 10.5 Å². The van der Waals surface area contributed by atoms with Crippen molar-refractivity contribution in [2.75, 3.05) is 6.61 Å². The molecule has 2 aliphatic rings. The van der Waals surface area contributed by atoms with Crippen molar-refractivity contribution >= 4 is 5.91 Å². The average molecular weight is 426 g/mol. The van der Waals surface area contributed by atoms with Gasteiger partial charge in [0.1, 0.15) is 11.2 Å².